The van der Waals surface area contributed by atoms with Gasteiger partial charge in [-0.05, 0) is 12.1 Å². The maximum Gasteiger partial charge on any atom is 0.173 e. The summed E-state index contributed by atoms with van der Waals surface area (Å²) in [4.78, 5) is 3.80. The van der Waals surface area contributed by atoms with Gasteiger partial charge in [-0.3, -0.25) is 0 Å². The minimum Gasteiger partial charge on any atom is -0.454 e. The van der Waals surface area contributed by atoms with E-state index in [1.165, 1.54) is 24.4 Å². The van der Waals surface area contributed by atoms with Crippen molar-refractivity contribution in [2.45, 2.75) is 0 Å². The van der Waals surface area contributed by atoms with Gasteiger partial charge in [0.1, 0.15) is 11.6 Å². The van der Waals surface area contributed by atoms with Crippen LogP contribution < -0.4 is 10.5 Å². The third-order valence-corrected chi connectivity index (χ3v) is 1.75. The third kappa shape index (κ3) is 2.22. The Kier molecular flexibility index (Phi) is 2.49. The number of nitrogens with zero attached hydrogens (tertiary/aromatic N) is 1. The van der Waals surface area contributed by atoms with Crippen LogP contribution >= 0.6 is 0 Å². The number of benzene rings is 1. The molecule has 1 radical (unpaired) electrons. The summed E-state index contributed by atoms with van der Waals surface area (Å²) in [5, 5.41) is 0. The second-order valence-electron chi connectivity index (χ2n) is 2.87. The smallest absolute Gasteiger partial charge is 0.173 e. The van der Waals surface area contributed by atoms with Gasteiger partial charge >= 0.3 is 0 Å². The molecule has 2 N–H and O–H groups in total. The van der Waals surface area contributed by atoms with E-state index >= 15 is 0 Å². The molecule has 2 aromatic rings. The van der Waals surface area contributed by atoms with Crippen molar-refractivity contribution in [3.05, 3.63) is 48.4 Å². The molecule has 0 fully saturated rings. The number of rotatable bonds is 2. The van der Waals surface area contributed by atoms with Crippen LogP contribution in [0.25, 0.3) is 0 Å². The van der Waals surface area contributed by atoms with Gasteiger partial charge in [-0.15, -0.1) is 0 Å². The Labute approximate surface area is 86.3 Å². The second-order valence-corrected chi connectivity index (χ2v) is 2.87. The summed E-state index contributed by atoms with van der Waals surface area (Å²) in [6.45, 7) is 0. The molecular formula is C11H8FN2O. The first-order chi connectivity index (χ1) is 7.25. The van der Waals surface area contributed by atoms with Gasteiger partial charge in [0.15, 0.2) is 11.6 Å². The molecule has 2 rings (SSSR count). The second kappa shape index (κ2) is 3.96. The van der Waals surface area contributed by atoms with Gasteiger partial charge in [0.25, 0.3) is 0 Å². The predicted molar refractivity (Wildman–Crippen MR) is 54.0 cm³/mol. The van der Waals surface area contributed by atoms with Gasteiger partial charge < -0.3 is 10.5 Å². The first-order valence-corrected chi connectivity index (χ1v) is 4.31. The van der Waals surface area contributed by atoms with Gasteiger partial charge in [0, 0.05) is 18.3 Å². The fraction of sp³-hybridized carbons (Fsp3) is 0. The topological polar surface area (TPSA) is 48.1 Å². The van der Waals surface area contributed by atoms with Crippen LogP contribution in [0.1, 0.15) is 0 Å². The molecule has 1 aromatic carbocycles. The van der Waals surface area contributed by atoms with Crippen molar-refractivity contribution in [3.63, 3.8) is 0 Å². The zero-order valence-corrected chi connectivity index (χ0v) is 7.77. The van der Waals surface area contributed by atoms with Gasteiger partial charge in [0.2, 0.25) is 0 Å². The first kappa shape index (κ1) is 9.45. The summed E-state index contributed by atoms with van der Waals surface area (Å²) < 4.78 is 18.4. The highest BCUT2D eigenvalue weighted by Gasteiger charge is 2.03. The van der Waals surface area contributed by atoms with Crippen molar-refractivity contribution in [3.8, 4) is 11.5 Å². The lowest BCUT2D eigenvalue weighted by Gasteiger charge is -2.05. The zero-order chi connectivity index (χ0) is 10.7. The Hall–Kier alpha value is -2.10. The van der Waals surface area contributed by atoms with E-state index < -0.39 is 5.82 Å². The maximum atomic E-state index is 13.1. The number of ether oxygens (including phenoxy) is 1. The van der Waals surface area contributed by atoms with Crippen molar-refractivity contribution >= 4 is 5.82 Å². The van der Waals surface area contributed by atoms with E-state index in [9.17, 15) is 4.39 Å². The van der Waals surface area contributed by atoms with Gasteiger partial charge in [-0.2, -0.15) is 0 Å². The summed E-state index contributed by atoms with van der Waals surface area (Å²) in [5.41, 5.74) is 5.46. The van der Waals surface area contributed by atoms with Crippen LogP contribution in [0, 0.1) is 11.9 Å². The number of halogens is 1. The van der Waals surface area contributed by atoms with Crippen LogP contribution in [0.2, 0.25) is 0 Å². The summed E-state index contributed by atoms with van der Waals surface area (Å²) in [5.74, 6) is 0.352. The van der Waals surface area contributed by atoms with Crippen LogP contribution in [-0.2, 0) is 0 Å². The standard InChI is InChI=1S/C11H8FN2O/c12-9-3-1-2-4-10(9)15-8-5-6-14-11(13)7-8/h1-2,4-7H,(H2,13,14). The highest BCUT2D eigenvalue weighted by atomic mass is 19.1. The van der Waals surface area contributed by atoms with Crippen LogP contribution in [0.4, 0.5) is 10.2 Å². The number of hydrogen-bond acceptors (Lipinski definition) is 3. The van der Waals surface area contributed by atoms with E-state index in [1.807, 2.05) is 0 Å². The van der Waals surface area contributed by atoms with Gasteiger partial charge in [-0.25, -0.2) is 9.37 Å². The fourth-order valence-electron chi connectivity index (χ4n) is 1.10. The number of pyridine rings is 1. The largest absolute Gasteiger partial charge is 0.454 e. The normalized spacial score (nSPS) is 9.93. The first-order valence-electron chi connectivity index (χ1n) is 4.31. The third-order valence-electron chi connectivity index (χ3n) is 1.75. The molecule has 3 nitrogen and oxygen atoms in total. The minimum absolute atomic E-state index is 0.114. The Morgan fingerprint density at radius 3 is 3.00 bits per heavy atom. The molecule has 15 heavy (non-hydrogen) atoms. The summed E-state index contributed by atoms with van der Waals surface area (Å²) >= 11 is 0. The van der Waals surface area contributed by atoms with E-state index in [1.54, 1.807) is 12.1 Å². The lowest BCUT2D eigenvalue weighted by molar-refractivity contribution is 0.441. The fourth-order valence-corrected chi connectivity index (χ4v) is 1.10. The van der Waals surface area contributed by atoms with Crippen molar-refractivity contribution in [2.24, 2.45) is 0 Å². The Morgan fingerprint density at radius 2 is 2.27 bits per heavy atom. The highest BCUT2D eigenvalue weighted by molar-refractivity contribution is 5.38. The Morgan fingerprint density at radius 1 is 1.40 bits per heavy atom. The molecular weight excluding hydrogens is 195 g/mol. The zero-order valence-electron chi connectivity index (χ0n) is 7.77. The molecule has 0 aliphatic rings. The highest BCUT2D eigenvalue weighted by Crippen LogP contribution is 2.23. The number of anilines is 1. The molecule has 0 amide bonds. The molecule has 1 aromatic heterocycles. The molecule has 1 heterocycles. The van der Waals surface area contributed by atoms with Crippen LogP contribution in [0.3, 0.4) is 0 Å². The van der Waals surface area contributed by atoms with Crippen LogP contribution in [0.5, 0.6) is 11.5 Å². The monoisotopic (exact) mass is 203 g/mol. The summed E-state index contributed by atoms with van der Waals surface area (Å²) in [6.07, 6.45) is 1.50. The van der Waals surface area contributed by atoms with Crippen molar-refractivity contribution in [2.75, 3.05) is 5.73 Å². The minimum atomic E-state index is -0.534. The number of nitrogens with two attached hydrogens (primary N) is 1. The lowest BCUT2D eigenvalue weighted by Crippen LogP contribution is -1.92. The van der Waals surface area contributed by atoms with E-state index in [-0.39, 0.29) is 5.75 Å². The van der Waals surface area contributed by atoms with E-state index in [0.717, 1.165) is 0 Å². The molecule has 4 heteroatoms. The van der Waals surface area contributed by atoms with Crippen LogP contribution in [-0.4, -0.2) is 4.98 Å². The quantitative estimate of drug-likeness (QED) is 0.815. The van der Waals surface area contributed by atoms with Gasteiger partial charge in [-0.1, -0.05) is 12.1 Å². The van der Waals surface area contributed by atoms with E-state index in [0.29, 0.717) is 11.6 Å². The number of nitrogen functional groups attached to an aromatic ring is 1. The number of aromatic nitrogens is 1. The molecule has 0 bridgehead atoms. The SMILES string of the molecule is Nc1cc(Oc2ccc[c]c2F)ccn1. The molecule has 0 saturated carbocycles. The average Bonchev–Trinajstić information content (AvgIpc) is 2.22. The number of hydrogen-bond donors (Lipinski definition) is 1. The van der Waals surface area contributed by atoms with Crippen molar-refractivity contribution in [1.29, 1.82) is 0 Å². The molecule has 0 saturated heterocycles. The van der Waals surface area contributed by atoms with Crippen molar-refractivity contribution in [1.82, 2.24) is 4.98 Å². The molecule has 0 atom stereocenters. The molecule has 0 spiro atoms. The Balaban J connectivity index is 2.26. The maximum absolute atomic E-state index is 13.1. The predicted octanol–water partition coefficient (Wildman–Crippen LogP) is 2.40. The lowest BCUT2D eigenvalue weighted by atomic mass is 10.3. The van der Waals surface area contributed by atoms with Gasteiger partial charge in [0.05, 0.1) is 0 Å². The van der Waals surface area contributed by atoms with Crippen molar-refractivity contribution < 1.29 is 9.13 Å². The molecule has 0 aliphatic heterocycles. The van der Waals surface area contributed by atoms with E-state index in [2.05, 4.69) is 11.1 Å². The molecule has 0 aliphatic carbocycles. The molecule has 0 unspecified atom stereocenters. The Bertz CT molecular complexity index is 474. The summed E-state index contributed by atoms with van der Waals surface area (Å²) in [7, 11) is 0. The molecule has 75 valence electrons. The summed E-state index contributed by atoms with van der Waals surface area (Å²) in [6, 6.07) is 10.1. The van der Waals surface area contributed by atoms with E-state index in [4.69, 9.17) is 10.5 Å². The average molecular weight is 203 g/mol. The van der Waals surface area contributed by atoms with Crippen LogP contribution in [0.15, 0.2) is 36.5 Å².